The first-order chi connectivity index (χ1) is 8.49. The van der Waals surface area contributed by atoms with Gasteiger partial charge in [0.2, 0.25) is 0 Å². The Morgan fingerprint density at radius 3 is 2.72 bits per heavy atom. The van der Waals surface area contributed by atoms with Crippen LogP contribution in [0.15, 0.2) is 18.3 Å². The summed E-state index contributed by atoms with van der Waals surface area (Å²) in [5.74, 6) is -0.134. The Balaban J connectivity index is 2.50. The molecule has 1 N–H and O–H groups in total. The van der Waals surface area contributed by atoms with Gasteiger partial charge < -0.3 is 5.11 Å². The molecular weight excluding hydrogens is 230 g/mol. The Hall–Kier alpha value is -2.17. The minimum Gasteiger partial charge on any atom is -0.481 e. The zero-order valence-corrected chi connectivity index (χ0v) is 10.6. The van der Waals surface area contributed by atoms with Crippen LogP contribution in [0.3, 0.4) is 0 Å². The van der Waals surface area contributed by atoms with Crippen molar-refractivity contribution in [2.45, 2.75) is 27.2 Å². The molecule has 0 bridgehead atoms. The van der Waals surface area contributed by atoms with Gasteiger partial charge in [0, 0.05) is 17.5 Å². The summed E-state index contributed by atoms with van der Waals surface area (Å²) in [5, 5.41) is 13.3. The molecular formula is C13H15N3O2. The third kappa shape index (κ3) is 2.25. The molecule has 0 saturated heterocycles. The van der Waals surface area contributed by atoms with Crippen molar-refractivity contribution in [3.63, 3.8) is 0 Å². The van der Waals surface area contributed by atoms with Crippen molar-refractivity contribution in [2.24, 2.45) is 0 Å². The van der Waals surface area contributed by atoms with E-state index in [4.69, 9.17) is 5.11 Å². The van der Waals surface area contributed by atoms with E-state index in [1.54, 1.807) is 10.9 Å². The normalized spacial score (nSPS) is 10.6. The minimum atomic E-state index is -0.849. The molecule has 0 aromatic carbocycles. The molecule has 0 unspecified atom stereocenters. The van der Waals surface area contributed by atoms with Gasteiger partial charge in [-0.15, -0.1) is 0 Å². The van der Waals surface area contributed by atoms with Crippen molar-refractivity contribution < 1.29 is 9.90 Å². The van der Waals surface area contributed by atoms with Gasteiger partial charge in [0.05, 0.1) is 12.1 Å². The number of aryl methyl sites for hydroxylation is 2. The number of hydrogen-bond acceptors (Lipinski definition) is 3. The van der Waals surface area contributed by atoms with E-state index in [1.807, 2.05) is 32.9 Å². The van der Waals surface area contributed by atoms with Crippen LogP contribution in [-0.4, -0.2) is 25.8 Å². The lowest BCUT2D eigenvalue weighted by atomic mass is 10.1. The molecule has 5 nitrogen and oxygen atoms in total. The van der Waals surface area contributed by atoms with Gasteiger partial charge in [-0.1, -0.05) is 0 Å². The van der Waals surface area contributed by atoms with Crippen LogP contribution in [0.25, 0.3) is 5.82 Å². The molecule has 94 valence electrons. The van der Waals surface area contributed by atoms with E-state index in [9.17, 15) is 4.79 Å². The van der Waals surface area contributed by atoms with Crippen molar-refractivity contribution in [2.75, 3.05) is 0 Å². The van der Waals surface area contributed by atoms with Crippen LogP contribution in [0.5, 0.6) is 0 Å². The largest absolute Gasteiger partial charge is 0.481 e. The highest BCUT2D eigenvalue weighted by Gasteiger charge is 2.15. The molecule has 18 heavy (non-hydrogen) atoms. The lowest BCUT2D eigenvalue weighted by molar-refractivity contribution is -0.136. The number of hydrogen-bond donors (Lipinski definition) is 1. The van der Waals surface area contributed by atoms with Crippen molar-refractivity contribution in [3.8, 4) is 5.82 Å². The van der Waals surface area contributed by atoms with Crippen molar-refractivity contribution in [3.05, 3.63) is 40.8 Å². The van der Waals surface area contributed by atoms with Gasteiger partial charge in [0.15, 0.2) is 5.82 Å². The van der Waals surface area contributed by atoms with Crippen LogP contribution in [0.4, 0.5) is 0 Å². The van der Waals surface area contributed by atoms with Gasteiger partial charge in [-0.2, -0.15) is 5.10 Å². The summed E-state index contributed by atoms with van der Waals surface area (Å²) in [7, 11) is 0. The van der Waals surface area contributed by atoms with Crippen LogP contribution >= 0.6 is 0 Å². The molecule has 2 rings (SSSR count). The maximum atomic E-state index is 10.8. The van der Waals surface area contributed by atoms with Gasteiger partial charge >= 0.3 is 5.97 Å². The van der Waals surface area contributed by atoms with Crippen LogP contribution in [0.2, 0.25) is 0 Å². The van der Waals surface area contributed by atoms with Gasteiger partial charge in [-0.05, 0) is 38.5 Å². The van der Waals surface area contributed by atoms with E-state index < -0.39 is 5.97 Å². The van der Waals surface area contributed by atoms with Crippen LogP contribution < -0.4 is 0 Å². The molecule has 0 aliphatic heterocycles. The number of rotatable bonds is 3. The summed E-state index contributed by atoms with van der Waals surface area (Å²) in [6.07, 6.45) is 1.71. The maximum absolute atomic E-state index is 10.8. The predicted molar refractivity (Wildman–Crippen MR) is 66.9 cm³/mol. The smallest absolute Gasteiger partial charge is 0.307 e. The lowest BCUT2D eigenvalue weighted by Crippen LogP contribution is -2.04. The fraction of sp³-hybridized carbons (Fsp3) is 0.308. The fourth-order valence-electron chi connectivity index (χ4n) is 1.94. The van der Waals surface area contributed by atoms with Gasteiger partial charge in [0.25, 0.3) is 0 Å². The van der Waals surface area contributed by atoms with Crippen molar-refractivity contribution in [1.82, 2.24) is 14.8 Å². The number of carboxylic acid groups (broad SMARTS) is 1. The van der Waals surface area contributed by atoms with E-state index in [0.29, 0.717) is 5.82 Å². The third-order valence-corrected chi connectivity index (χ3v) is 2.89. The van der Waals surface area contributed by atoms with E-state index in [2.05, 4.69) is 10.1 Å². The summed E-state index contributed by atoms with van der Waals surface area (Å²) in [6.45, 7) is 5.66. The average molecular weight is 245 g/mol. The van der Waals surface area contributed by atoms with Crippen molar-refractivity contribution >= 4 is 5.97 Å². The zero-order chi connectivity index (χ0) is 13.3. The van der Waals surface area contributed by atoms with Crippen LogP contribution in [0.1, 0.15) is 22.5 Å². The standard InChI is InChI=1S/C13H15N3O2/c1-8-4-5-14-12(6-8)16-10(3)11(7-13(17)18)9(2)15-16/h4-6H,7H2,1-3H3,(H,17,18). The summed E-state index contributed by atoms with van der Waals surface area (Å²) in [5.41, 5.74) is 3.41. The summed E-state index contributed by atoms with van der Waals surface area (Å²) < 4.78 is 1.70. The second-order valence-electron chi connectivity index (χ2n) is 4.32. The van der Waals surface area contributed by atoms with Gasteiger partial charge in [-0.25, -0.2) is 9.67 Å². The Morgan fingerprint density at radius 1 is 1.39 bits per heavy atom. The molecule has 0 atom stereocenters. The molecule has 2 aromatic rings. The first-order valence-corrected chi connectivity index (χ1v) is 5.69. The topological polar surface area (TPSA) is 68.0 Å². The molecule has 2 aromatic heterocycles. The molecule has 0 aliphatic carbocycles. The van der Waals surface area contributed by atoms with Crippen molar-refractivity contribution in [1.29, 1.82) is 0 Å². The maximum Gasteiger partial charge on any atom is 0.307 e. The summed E-state index contributed by atoms with van der Waals surface area (Å²) in [4.78, 5) is 15.1. The molecule has 0 spiro atoms. The SMILES string of the molecule is Cc1ccnc(-n2nc(C)c(CC(=O)O)c2C)c1. The lowest BCUT2D eigenvalue weighted by Gasteiger charge is -2.04. The molecule has 0 radical (unpaired) electrons. The number of aromatic nitrogens is 3. The number of nitrogens with zero attached hydrogens (tertiary/aromatic N) is 3. The molecule has 0 amide bonds. The second-order valence-corrected chi connectivity index (χ2v) is 4.32. The quantitative estimate of drug-likeness (QED) is 0.895. The van der Waals surface area contributed by atoms with E-state index in [0.717, 1.165) is 22.5 Å². The van der Waals surface area contributed by atoms with Gasteiger partial charge in [0.1, 0.15) is 0 Å². The first kappa shape index (κ1) is 12.3. The number of aliphatic carboxylic acids is 1. The Bertz CT molecular complexity index is 602. The minimum absolute atomic E-state index is 0.0104. The molecule has 2 heterocycles. The van der Waals surface area contributed by atoms with Gasteiger partial charge in [-0.3, -0.25) is 4.79 Å². The third-order valence-electron chi connectivity index (χ3n) is 2.89. The predicted octanol–water partition coefficient (Wildman–Crippen LogP) is 1.82. The highest BCUT2D eigenvalue weighted by molar-refractivity contribution is 5.71. The Morgan fingerprint density at radius 2 is 2.11 bits per heavy atom. The first-order valence-electron chi connectivity index (χ1n) is 5.69. The molecule has 5 heteroatoms. The highest BCUT2D eigenvalue weighted by atomic mass is 16.4. The average Bonchev–Trinajstić information content (AvgIpc) is 2.56. The van der Waals surface area contributed by atoms with E-state index in [1.165, 1.54) is 0 Å². The van der Waals surface area contributed by atoms with Crippen LogP contribution in [0, 0.1) is 20.8 Å². The van der Waals surface area contributed by atoms with E-state index >= 15 is 0 Å². The Labute approximate surface area is 105 Å². The summed E-state index contributed by atoms with van der Waals surface area (Å²) >= 11 is 0. The fourth-order valence-corrected chi connectivity index (χ4v) is 1.94. The summed E-state index contributed by atoms with van der Waals surface area (Å²) in [6, 6.07) is 3.83. The molecule has 0 saturated carbocycles. The number of pyridine rings is 1. The number of carbonyl (C=O) groups is 1. The zero-order valence-electron chi connectivity index (χ0n) is 10.6. The number of carboxylic acids is 1. The van der Waals surface area contributed by atoms with Crippen LogP contribution in [-0.2, 0) is 11.2 Å². The monoisotopic (exact) mass is 245 g/mol. The highest BCUT2D eigenvalue weighted by Crippen LogP contribution is 2.17. The van der Waals surface area contributed by atoms with E-state index in [-0.39, 0.29) is 6.42 Å². The molecule has 0 fully saturated rings. The second kappa shape index (κ2) is 4.60. The molecule has 0 aliphatic rings. The Kier molecular flexibility index (Phi) is 3.14.